The summed E-state index contributed by atoms with van der Waals surface area (Å²) in [4.78, 5) is 2.39. The maximum Gasteiger partial charge on any atom is 0.140 e. The maximum atomic E-state index is 7.06. The van der Waals surface area contributed by atoms with Crippen LogP contribution in [0.1, 0.15) is 49.9 Å². The van der Waals surface area contributed by atoms with Crippen LogP contribution in [0, 0.1) is 0 Å². The Hall–Kier alpha value is -5.64. The first kappa shape index (κ1) is 30.2. The summed E-state index contributed by atoms with van der Waals surface area (Å²) in [6.45, 7) is 9.35. The number of anilines is 3. The Morgan fingerprint density at radius 2 is 1.10 bits per heavy atom. The molecule has 0 fully saturated rings. The quantitative estimate of drug-likeness (QED) is 0.184. The molecule has 51 heavy (non-hydrogen) atoms. The van der Waals surface area contributed by atoms with Gasteiger partial charge in [-0.1, -0.05) is 131 Å². The SMILES string of the molecule is CC1(C)c2ccccc2-c2ccc(N(c3ccc(-c4ccccc4)cc3)c3ccc4c(c3)Oc3c(ccc5sc6ccccc6c35)C4(C)C)cc21. The highest BCUT2D eigenvalue weighted by Gasteiger charge is 2.38. The molecule has 3 heteroatoms. The Morgan fingerprint density at radius 3 is 1.94 bits per heavy atom. The predicted octanol–water partition coefficient (Wildman–Crippen LogP) is 13.9. The van der Waals surface area contributed by atoms with Gasteiger partial charge in [0.05, 0.1) is 0 Å². The molecule has 10 rings (SSSR count). The predicted molar refractivity (Wildman–Crippen MR) is 216 cm³/mol. The number of nitrogens with zero attached hydrogens (tertiary/aromatic N) is 1. The molecule has 1 aliphatic carbocycles. The van der Waals surface area contributed by atoms with Gasteiger partial charge in [0.1, 0.15) is 11.5 Å². The van der Waals surface area contributed by atoms with Crippen molar-refractivity contribution in [1.29, 1.82) is 0 Å². The fourth-order valence-electron chi connectivity index (χ4n) is 8.60. The number of benzene rings is 7. The second-order valence-corrected chi connectivity index (χ2v) is 16.1. The van der Waals surface area contributed by atoms with E-state index in [4.69, 9.17) is 4.74 Å². The standard InChI is InChI=1S/C48H37NOS/c1-47(2)38-16-10-8-14-35(38)36-24-22-33(28-41(36)47)49(32-20-18-31(19-21-32)30-12-6-5-7-13-30)34-23-25-39-42(29-34)50-46-40(48(39,3)4)26-27-44-45(46)37-15-9-11-17-43(37)51-44/h5-29H,1-4H3. The van der Waals surface area contributed by atoms with E-state index in [1.54, 1.807) is 0 Å². The van der Waals surface area contributed by atoms with Crippen molar-refractivity contribution in [3.63, 3.8) is 0 Å². The number of rotatable bonds is 4. The minimum Gasteiger partial charge on any atom is -0.456 e. The van der Waals surface area contributed by atoms with Crippen LogP contribution in [0.2, 0.25) is 0 Å². The van der Waals surface area contributed by atoms with Crippen molar-refractivity contribution < 1.29 is 4.74 Å². The third kappa shape index (κ3) is 4.48. The van der Waals surface area contributed by atoms with E-state index in [0.717, 1.165) is 28.6 Å². The molecule has 2 nitrogen and oxygen atoms in total. The van der Waals surface area contributed by atoms with Gasteiger partial charge in [0, 0.05) is 65.3 Å². The highest BCUT2D eigenvalue weighted by atomic mass is 32.1. The van der Waals surface area contributed by atoms with Crippen molar-refractivity contribution in [2.24, 2.45) is 0 Å². The lowest BCUT2D eigenvalue weighted by molar-refractivity contribution is 0.423. The lowest BCUT2D eigenvalue weighted by Crippen LogP contribution is -2.24. The molecule has 0 saturated carbocycles. The minimum atomic E-state index is -0.232. The van der Waals surface area contributed by atoms with Crippen molar-refractivity contribution in [2.45, 2.75) is 38.5 Å². The Bertz CT molecular complexity index is 2660. The van der Waals surface area contributed by atoms with Gasteiger partial charge in [-0.25, -0.2) is 0 Å². The molecule has 0 atom stereocenters. The van der Waals surface area contributed by atoms with Crippen LogP contribution < -0.4 is 9.64 Å². The molecular weight excluding hydrogens is 639 g/mol. The molecule has 1 aromatic heterocycles. The summed E-state index contributed by atoms with van der Waals surface area (Å²) in [5.41, 5.74) is 13.2. The van der Waals surface area contributed by atoms with Gasteiger partial charge in [-0.3, -0.25) is 0 Å². The molecule has 1 aliphatic heterocycles. The lowest BCUT2D eigenvalue weighted by Gasteiger charge is -2.36. The number of ether oxygens (including phenoxy) is 1. The third-order valence-electron chi connectivity index (χ3n) is 11.3. The van der Waals surface area contributed by atoms with E-state index in [0.29, 0.717) is 0 Å². The molecule has 0 unspecified atom stereocenters. The van der Waals surface area contributed by atoms with Gasteiger partial charge in [0.2, 0.25) is 0 Å². The average molecular weight is 676 g/mol. The first-order valence-electron chi connectivity index (χ1n) is 17.8. The highest BCUT2D eigenvalue weighted by molar-refractivity contribution is 7.25. The molecule has 0 bridgehead atoms. The van der Waals surface area contributed by atoms with E-state index >= 15 is 0 Å². The first-order chi connectivity index (χ1) is 24.8. The second-order valence-electron chi connectivity index (χ2n) is 15.0. The van der Waals surface area contributed by atoms with Gasteiger partial charge in [-0.15, -0.1) is 11.3 Å². The van der Waals surface area contributed by atoms with E-state index in [2.05, 4.69) is 184 Å². The molecule has 0 spiro atoms. The molecule has 246 valence electrons. The zero-order valence-corrected chi connectivity index (χ0v) is 30.0. The number of hydrogen-bond acceptors (Lipinski definition) is 3. The van der Waals surface area contributed by atoms with Crippen molar-refractivity contribution >= 4 is 48.6 Å². The molecular formula is C48H37NOS. The Balaban J connectivity index is 1.14. The van der Waals surface area contributed by atoms with Gasteiger partial charge >= 0.3 is 0 Å². The summed E-state index contributed by atoms with van der Waals surface area (Å²) < 4.78 is 9.60. The Morgan fingerprint density at radius 1 is 0.471 bits per heavy atom. The molecule has 0 radical (unpaired) electrons. The normalized spacial score (nSPS) is 14.7. The average Bonchev–Trinajstić information content (AvgIpc) is 3.65. The number of hydrogen-bond donors (Lipinski definition) is 0. The fourth-order valence-corrected chi connectivity index (χ4v) is 9.71. The molecule has 0 amide bonds. The van der Waals surface area contributed by atoms with E-state index in [-0.39, 0.29) is 10.8 Å². The van der Waals surface area contributed by atoms with E-state index in [1.807, 2.05) is 11.3 Å². The Labute approximate surface area is 303 Å². The molecule has 0 saturated heterocycles. The lowest BCUT2D eigenvalue weighted by atomic mass is 9.75. The molecule has 2 aliphatic rings. The molecule has 7 aromatic carbocycles. The van der Waals surface area contributed by atoms with Crippen molar-refractivity contribution in [3.05, 3.63) is 174 Å². The van der Waals surface area contributed by atoms with E-state index in [9.17, 15) is 0 Å². The molecule has 0 N–H and O–H groups in total. The van der Waals surface area contributed by atoms with E-state index < -0.39 is 0 Å². The van der Waals surface area contributed by atoms with Gasteiger partial charge in [0.25, 0.3) is 0 Å². The zero-order chi connectivity index (χ0) is 34.5. The van der Waals surface area contributed by atoms with Crippen LogP contribution in [0.15, 0.2) is 152 Å². The third-order valence-corrected chi connectivity index (χ3v) is 12.5. The monoisotopic (exact) mass is 675 g/mol. The van der Waals surface area contributed by atoms with Crippen LogP contribution in [-0.4, -0.2) is 0 Å². The highest BCUT2D eigenvalue weighted by Crippen LogP contribution is 2.55. The van der Waals surface area contributed by atoms with Crippen LogP contribution in [-0.2, 0) is 10.8 Å². The van der Waals surface area contributed by atoms with Gasteiger partial charge < -0.3 is 9.64 Å². The summed E-state index contributed by atoms with van der Waals surface area (Å²) in [5.74, 6) is 1.89. The topological polar surface area (TPSA) is 12.5 Å². The minimum absolute atomic E-state index is 0.105. The fraction of sp³-hybridized carbons (Fsp3) is 0.125. The summed E-state index contributed by atoms with van der Waals surface area (Å²) in [6, 6.07) is 55.5. The maximum absolute atomic E-state index is 7.06. The summed E-state index contributed by atoms with van der Waals surface area (Å²) in [5, 5.41) is 2.47. The van der Waals surface area contributed by atoms with Crippen LogP contribution in [0.5, 0.6) is 11.5 Å². The summed E-state index contributed by atoms with van der Waals surface area (Å²) in [7, 11) is 0. The van der Waals surface area contributed by atoms with Crippen molar-refractivity contribution in [1.82, 2.24) is 0 Å². The molecule has 8 aromatic rings. The second kappa shape index (κ2) is 10.9. The van der Waals surface area contributed by atoms with Crippen LogP contribution >= 0.6 is 11.3 Å². The smallest absolute Gasteiger partial charge is 0.140 e. The number of thiophene rings is 1. The van der Waals surface area contributed by atoms with Gasteiger partial charge in [-0.2, -0.15) is 0 Å². The molecule has 2 heterocycles. The first-order valence-corrected chi connectivity index (χ1v) is 18.6. The zero-order valence-electron chi connectivity index (χ0n) is 29.2. The van der Waals surface area contributed by atoms with Crippen LogP contribution in [0.25, 0.3) is 42.4 Å². The van der Waals surface area contributed by atoms with Gasteiger partial charge in [0.15, 0.2) is 0 Å². The van der Waals surface area contributed by atoms with Gasteiger partial charge in [-0.05, 0) is 75.8 Å². The Kier molecular flexibility index (Phi) is 6.47. The summed E-state index contributed by atoms with van der Waals surface area (Å²) in [6.07, 6.45) is 0. The van der Waals surface area contributed by atoms with Crippen molar-refractivity contribution in [2.75, 3.05) is 4.90 Å². The summed E-state index contributed by atoms with van der Waals surface area (Å²) >= 11 is 1.83. The van der Waals surface area contributed by atoms with Crippen LogP contribution in [0.4, 0.5) is 17.1 Å². The largest absolute Gasteiger partial charge is 0.456 e. The van der Waals surface area contributed by atoms with Crippen LogP contribution in [0.3, 0.4) is 0 Å². The number of fused-ring (bicyclic) bond motifs is 9. The van der Waals surface area contributed by atoms with Crippen molar-refractivity contribution in [3.8, 4) is 33.8 Å². The van der Waals surface area contributed by atoms with E-state index in [1.165, 1.54) is 64.7 Å².